The minimum Gasteiger partial charge on any atom is -0.308 e. The minimum atomic E-state index is 0.740. The summed E-state index contributed by atoms with van der Waals surface area (Å²) in [7, 11) is 0. The average molecular weight is 223 g/mol. The number of rotatable bonds is 5. The van der Waals surface area contributed by atoms with E-state index in [0.717, 1.165) is 35.6 Å². The summed E-state index contributed by atoms with van der Waals surface area (Å²) in [5.74, 6) is 1.85. The molecule has 0 aromatic carbocycles. The molecule has 0 unspecified atom stereocenters. The summed E-state index contributed by atoms with van der Waals surface area (Å²) in [6, 6.07) is 2.81. The zero-order chi connectivity index (χ0) is 10.7. The molecule has 0 spiro atoms. The van der Waals surface area contributed by atoms with Crippen LogP contribution in [0.5, 0.6) is 0 Å². The van der Waals surface area contributed by atoms with Crippen molar-refractivity contribution in [1.82, 2.24) is 15.3 Å². The zero-order valence-electron chi connectivity index (χ0n) is 9.29. The lowest BCUT2D eigenvalue weighted by Crippen LogP contribution is -2.17. The van der Waals surface area contributed by atoms with Crippen LogP contribution in [0.4, 0.5) is 0 Å². The molecular weight excluding hydrogens is 206 g/mol. The van der Waals surface area contributed by atoms with E-state index < -0.39 is 0 Å². The van der Waals surface area contributed by atoms with Crippen LogP contribution in [0.2, 0.25) is 0 Å². The Hall–Kier alpha value is -0.610. The fourth-order valence-electron chi connectivity index (χ4n) is 1.52. The van der Waals surface area contributed by atoms with E-state index in [9.17, 15) is 0 Å². The van der Waals surface area contributed by atoms with Gasteiger partial charge in [-0.25, -0.2) is 9.97 Å². The van der Waals surface area contributed by atoms with Crippen LogP contribution in [0.25, 0.3) is 0 Å². The summed E-state index contributed by atoms with van der Waals surface area (Å²) in [6.45, 7) is 2.92. The van der Waals surface area contributed by atoms with E-state index in [4.69, 9.17) is 0 Å². The van der Waals surface area contributed by atoms with Gasteiger partial charge in [-0.1, -0.05) is 0 Å². The molecule has 1 aromatic rings. The van der Waals surface area contributed by atoms with Crippen LogP contribution in [0.15, 0.2) is 6.07 Å². The van der Waals surface area contributed by atoms with Gasteiger partial charge >= 0.3 is 0 Å². The smallest absolute Gasteiger partial charge is 0.138 e. The van der Waals surface area contributed by atoms with E-state index >= 15 is 0 Å². The third-order valence-corrected chi connectivity index (χ3v) is 2.92. The van der Waals surface area contributed by atoms with Gasteiger partial charge in [-0.05, 0) is 32.1 Å². The van der Waals surface area contributed by atoms with Gasteiger partial charge in [0.25, 0.3) is 0 Å². The van der Waals surface area contributed by atoms with Gasteiger partial charge in [0.1, 0.15) is 5.82 Å². The quantitative estimate of drug-likeness (QED) is 0.827. The van der Waals surface area contributed by atoms with Gasteiger partial charge in [0.2, 0.25) is 0 Å². The first kappa shape index (κ1) is 10.9. The third kappa shape index (κ3) is 3.47. The van der Waals surface area contributed by atoms with Crippen LogP contribution in [0.3, 0.4) is 0 Å². The van der Waals surface area contributed by atoms with Crippen molar-refractivity contribution >= 4 is 11.8 Å². The van der Waals surface area contributed by atoms with Crippen molar-refractivity contribution < 1.29 is 0 Å². The van der Waals surface area contributed by atoms with Crippen molar-refractivity contribution in [2.75, 3.05) is 6.26 Å². The molecule has 1 aliphatic carbocycles. The van der Waals surface area contributed by atoms with Gasteiger partial charge in [0.05, 0.1) is 11.4 Å². The van der Waals surface area contributed by atoms with Gasteiger partial charge in [-0.2, -0.15) is 11.8 Å². The third-order valence-electron chi connectivity index (χ3n) is 2.38. The standard InChI is InChI=1S/C11H17N3S/c1-8-5-10(6-12-9-3-4-9)14-11(13-8)7-15-2/h5,9,12H,3-4,6-7H2,1-2H3. The highest BCUT2D eigenvalue weighted by Gasteiger charge is 2.20. The summed E-state index contributed by atoms with van der Waals surface area (Å²) < 4.78 is 0. The molecule has 15 heavy (non-hydrogen) atoms. The highest BCUT2D eigenvalue weighted by molar-refractivity contribution is 7.97. The lowest BCUT2D eigenvalue weighted by molar-refractivity contribution is 0.668. The highest BCUT2D eigenvalue weighted by atomic mass is 32.2. The SMILES string of the molecule is CSCc1nc(C)cc(CNC2CC2)n1. The second-order valence-electron chi connectivity index (χ2n) is 4.01. The number of hydrogen-bond acceptors (Lipinski definition) is 4. The number of thioether (sulfide) groups is 1. The summed E-state index contributed by atoms with van der Waals surface area (Å²) >= 11 is 1.76. The first-order valence-corrected chi connectivity index (χ1v) is 6.73. The molecule has 0 aliphatic heterocycles. The monoisotopic (exact) mass is 223 g/mol. The van der Waals surface area contributed by atoms with Crippen molar-refractivity contribution in [1.29, 1.82) is 0 Å². The maximum absolute atomic E-state index is 4.53. The first-order valence-electron chi connectivity index (χ1n) is 5.33. The summed E-state index contributed by atoms with van der Waals surface area (Å²) in [6.07, 6.45) is 4.72. The van der Waals surface area contributed by atoms with Crippen molar-refractivity contribution in [3.05, 3.63) is 23.3 Å². The van der Waals surface area contributed by atoms with Crippen LogP contribution in [-0.2, 0) is 12.3 Å². The molecule has 2 rings (SSSR count). The molecule has 82 valence electrons. The second kappa shape index (κ2) is 4.94. The van der Waals surface area contributed by atoms with E-state index in [1.807, 2.05) is 6.92 Å². The molecule has 1 fully saturated rings. The molecule has 1 aromatic heterocycles. The molecule has 1 saturated carbocycles. The molecule has 0 radical (unpaired) electrons. The van der Waals surface area contributed by atoms with Crippen molar-refractivity contribution in [2.45, 2.75) is 38.1 Å². The van der Waals surface area contributed by atoms with E-state index in [-0.39, 0.29) is 0 Å². The lowest BCUT2D eigenvalue weighted by Gasteiger charge is -2.05. The largest absolute Gasteiger partial charge is 0.308 e. The maximum Gasteiger partial charge on any atom is 0.138 e. The Morgan fingerprint density at radius 2 is 2.27 bits per heavy atom. The normalized spacial score (nSPS) is 15.6. The van der Waals surface area contributed by atoms with Crippen molar-refractivity contribution in [3.8, 4) is 0 Å². The number of aryl methyl sites for hydroxylation is 1. The van der Waals surface area contributed by atoms with Gasteiger partial charge in [-0.15, -0.1) is 0 Å². The molecule has 1 N–H and O–H groups in total. The minimum absolute atomic E-state index is 0.740. The first-order chi connectivity index (χ1) is 7.28. The van der Waals surface area contributed by atoms with Crippen LogP contribution in [0, 0.1) is 6.92 Å². The molecule has 4 heteroatoms. The van der Waals surface area contributed by atoms with Crippen LogP contribution in [0.1, 0.15) is 30.1 Å². The van der Waals surface area contributed by atoms with Gasteiger partial charge < -0.3 is 5.32 Å². The highest BCUT2D eigenvalue weighted by Crippen LogP contribution is 2.19. The van der Waals surface area contributed by atoms with Gasteiger partial charge in [-0.3, -0.25) is 0 Å². The summed E-state index contributed by atoms with van der Waals surface area (Å²) in [5, 5.41) is 3.47. The fraction of sp³-hybridized carbons (Fsp3) is 0.636. The summed E-state index contributed by atoms with van der Waals surface area (Å²) in [4.78, 5) is 8.94. The number of aromatic nitrogens is 2. The maximum atomic E-state index is 4.53. The molecule has 0 amide bonds. The van der Waals surface area contributed by atoms with Crippen LogP contribution >= 0.6 is 11.8 Å². The zero-order valence-corrected chi connectivity index (χ0v) is 10.1. The molecule has 0 atom stereocenters. The second-order valence-corrected chi connectivity index (χ2v) is 4.87. The number of nitrogens with one attached hydrogen (secondary N) is 1. The Kier molecular flexibility index (Phi) is 3.59. The van der Waals surface area contributed by atoms with E-state index in [0.29, 0.717) is 0 Å². The lowest BCUT2D eigenvalue weighted by atomic mass is 10.3. The Morgan fingerprint density at radius 3 is 2.93 bits per heavy atom. The van der Waals surface area contributed by atoms with Gasteiger partial charge in [0, 0.05) is 18.3 Å². The van der Waals surface area contributed by atoms with Crippen molar-refractivity contribution in [2.24, 2.45) is 0 Å². The molecule has 1 heterocycles. The molecular formula is C11H17N3S. The van der Waals surface area contributed by atoms with E-state index in [1.54, 1.807) is 11.8 Å². The number of nitrogens with zero attached hydrogens (tertiary/aromatic N) is 2. The van der Waals surface area contributed by atoms with Crippen LogP contribution < -0.4 is 5.32 Å². The predicted octanol–water partition coefficient (Wildman–Crippen LogP) is 1.90. The molecule has 0 bridgehead atoms. The Bertz CT molecular complexity index is 337. The van der Waals surface area contributed by atoms with Crippen LogP contribution in [-0.4, -0.2) is 22.3 Å². The Balaban J connectivity index is 2.00. The Labute approximate surface area is 95.1 Å². The van der Waals surface area contributed by atoms with E-state index in [2.05, 4.69) is 27.6 Å². The molecule has 1 aliphatic rings. The molecule has 3 nitrogen and oxygen atoms in total. The van der Waals surface area contributed by atoms with Crippen molar-refractivity contribution in [3.63, 3.8) is 0 Å². The van der Waals surface area contributed by atoms with Gasteiger partial charge in [0.15, 0.2) is 0 Å². The average Bonchev–Trinajstić information content (AvgIpc) is 2.98. The number of hydrogen-bond donors (Lipinski definition) is 1. The van der Waals surface area contributed by atoms with E-state index in [1.165, 1.54) is 12.8 Å². The topological polar surface area (TPSA) is 37.8 Å². The fourth-order valence-corrected chi connectivity index (χ4v) is 1.91. The Morgan fingerprint density at radius 1 is 1.47 bits per heavy atom. The molecule has 0 saturated heterocycles. The summed E-state index contributed by atoms with van der Waals surface area (Å²) in [5.41, 5.74) is 2.19. The predicted molar refractivity (Wildman–Crippen MR) is 63.8 cm³/mol.